The molecule has 2 aromatic rings. The molecule has 1 aliphatic carbocycles. The number of hydrogen-bond acceptors (Lipinski definition) is 4. The molecule has 4 rings (SSSR count). The molecule has 0 saturated carbocycles. The van der Waals surface area contributed by atoms with Crippen molar-refractivity contribution in [2.24, 2.45) is 5.92 Å². The molecule has 1 saturated heterocycles. The standard InChI is InChI=1S/C20H24N4O3/c25-18-7-3-6-17(21-18)20(27)23-10-8-14(9-11-23)13-24-19(26)12-15-4-1-2-5-16(15)22-24/h3,6-7,12,14H,1-2,4-5,8-11,13H2,(H,21,25). The van der Waals surface area contributed by atoms with Gasteiger partial charge in [-0.2, -0.15) is 5.10 Å². The molecule has 0 unspecified atom stereocenters. The maximum atomic E-state index is 12.5. The van der Waals surface area contributed by atoms with Gasteiger partial charge in [0.2, 0.25) is 5.56 Å². The molecule has 7 heteroatoms. The van der Waals surface area contributed by atoms with Gasteiger partial charge in [-0.25, -0.2) is 4.68 Å². The fourth-order valence-electron chi connectivity index (χ4n) is 4.04. The van der Waals surface area contributed by atoms with Crippen LogP contribution >= 0.6 is 0 Å². The third kappa shape index (κ3) is 3.86. The molecule has 1 fully saturated rings. The first-order chi connectivity index (χ1) is 13.1. The minimum Gasteiger partial charge on any atom is -0.337 e. The number of pyridine rings is 1. The lowest BCUT2D eigenvalue weighted by Gasteiger charge is -2.32. The number of H-pyrrole nitrogens is 1. The van der Waals surface area contributed by atoms with Crippen LogP contribution in [0.3, 0.4) is 0 Å². The highest BCUT2D eigenvalue weighted by atomic mass is 16.2. The van der Waals surface area contributed by atoms with E-state index in [2.05, 4.69) is 10.1 Å². The fourth-order valence-corrected chi connectivity index (χ4v) is 4.04. The van der Waals surface area contributed by atoms with Crippen LogP contribution in [0.4, 0.5) is 0 Å². The summed E-state index contributed by atoms with van der Waals surface area (Å²) in [5.41, 5.74) is 2.22. The maximum Gasteiger partial charge on any atom is 0.270 e. The molecule has 0 aromatic carbocycles. The summed E-state index contributed by atoms with van der Waals surface area (Å²) >= 11 is 0. The third-order valence-corrected chi connectivity index (χ3v) is 5.61. The van der Waals surface area contributed by atoms with Crippen LogP contribution in [-0.4, -0.2) is 38.7 Å². The summed E-state index contributed by atoms with van der Waals surface area (Å²) in [6.07, 6.45) is 5.85. The summed E-state index contributed by atoms with van der Waals surface area (Å²) in [5.74, 6) is 0.186. The lowest BCUT2D eigenvalue weighted by Crippen LogP contribution is -2.41. The van der Waals surface area contributed by atoms with Gasteiger partial charge in [0, 0.05) is 31.8 Å². The Morgan fingerprint density at radius 3 is 2.70 bits per heavy atom. The van der Waals surface area contributed by atoms with Crippen LogP contribution in [0.1, 0.15) is 47.4 Å². The first-order valence-corrected chi connectivity index (χ1v) is 9.69. The van der Waals surface area contributed by atoms with Crippen molar-refractivity contribution in [2.75, 3.05) is 13.1 Å². The van der Waals surface area contributed by atoms with E-state index in [1.165, 1.54) is 6.07 Å². The lowest BCUT2D eigenvalue weighted by molar-refractivity contribution is 0.0674. The number of aromatic nitrogens is 3. The van der Waals surface area contributed by atoms with Crippen LogP contribution < -0.4 is 11.1 Å². The van der Waals surface area contributed by atoms with Gasteiger partial charge in [0.25, 0.3) is 11.5 Å². The second-order valence-corrected chi connectivity index (χ2v) is 7.51. The number of fused-ring (bicyclic) bond motifs is 1. The summed E-state index contributed by atoms with van der Waals surface area (Å²) in [4.78, 5) is 40.6. The molecule has 2 aliphatic rings. The number of aryl methyl sites for hydroxylation is 2. The molecule has 2 aromatic heterocycles. The van der Waals surface area contributed by atoms with Gasteiger partial charge in [0.05, 0.1) is 5.69 Å². The lowest BCUT2D eigenvalue weighted by atomic mass is 9.95. The summed E-state index contributed by atoms with van der Waals surface area (Å²) in [5, 5.41) is 4.60. The quantitative estimate of drug-likeness (QED) is 0.886. The van der Waals surface area contributed by atoms with Crippen molar-refractivity contribution in [3.63, 3.8) is 0 Å². The van der Waals surface area contributed by atoms with E-state index in [9.17, 15) is 14.4 Å². The summed E-state index contributed by atoms with van der Waals surface area (Å²) in [6.45, 7) is 1.86. The second-order valence-electron chi connectivity index (χ2n) is 7.51. The summed E-state index contributed by atoms with van der Waals surface area (Å²) < 4.78 is 1.61. The van der Waals surface area contributed by atoms with Crippen LogP contribution in [-0.2, 0) is 19.4 Å². The number of nitrogens with one attached hydrogen (secondary N) is 1. The van der Waals surface area contributed by atoms with Crippen LogP contribution in [0, 0.1) is 5.92 Å². The monoisotopic (exact) mass is 368 g/mol. The molecule has 0 bridgehead atoms. The van der Waals surface area contributed by atoms with Gasteiger partial charge in [-0.1, -0.05) is 6.07 Å². The Morgan fingerprint density at radius 1 is 1.15 bits per heavy atom. The summed E-state index contributed by atoms with van der Waals surface area (Å²) in [7, 11) is 0. The molecule has 7 nitrogen and oxygen atoms in total. The van der Waals surface area contributed by atoms with E-state index in [-0.39, 0.29) is 17.0 Å². The van der Waals surface area contributed by atoms with E-state index in [0.717, 1.165) is 49.8 Å². The number of carbonyl (C=O) groups excluding carboxylic acids is 1. The van der Waals surface area contributed by atoms with Gasteiger partial charge in [-0.15, -0.1) is 0 Å². The molecule has 3 heterocycles. The zero-order chi connectivity index (χ0) is 18.8. The van der Waals surface area contributed by atoms with Crippen LogP contribution in [0.25, 0.3) is 0 Å². The first-order valence-electron chi connectivity index (χ1n) is 9.69. The fraction of sp³-hybridized carbons (Fsp3) is 0.500. The Morgan fingerprint density at radius 2 is 1.93 bits per heavy atom. The van der Waals surface area contributed by atoms with E-state index in [1.54, 1.807) is 27.8 Å². The average Bonchev–Trinajstić information content (AvgIpc) is 2.68. The Labute approximate surface area is 157 Å². The zero-order valence-electron chi connectivity index (χ0n) is 15.3. The van der Waals surface area contributed by atoms with Crippen LogP contribution in [0.15, 0.2) is 33.9 Å². The molecule has 0 spiro atoms. The predicted octanol–water partition coefficient (Wildman–Crippen LogP) is 1.36. The van der Waals surface area contributed by atoms with Crippen molar-refractivity contribution in [1.29, 1.82) is 0 Å². The molecule has 142 valence electrons. The Hall–Kier alpha value is -2.70. The Kier molecular flexibility index (Phi) is 4.92. The van der Waals surface area contributed by atoms with Crippen LogP contribution in [0.5, 0.6) is 0 Å². The van der Waals surface area contributed by atoms with E-state index >= 15 is 0 Å². The van der Waals surface area contributed by atoms with Crippen molar-refractivity contribution >= 4 is 5.91 Å². The summed E-state index contributed by atoms with van der Waals surface area (Å²) in [6, 6.07) is 6.37. The number of nitrogens with zero attached hydrogens (tertiary/aromatic N) is 3. The number of hydrogen-bond donors (Lipinski definition) is 1. The maximum absolute atomic E-state index is 12.5. The number of amides is 1. The highest BCUT2D eigenvalue weighted by Crippen LogP contribution is 2.21. The molecule has 1 aliphatic heterocycles. The topological polar surface area (TPSA) is 88.1 Å². The van der Waals surface area contributed by atoms with E-state index in [1.807, 2.05) is 0 Å². The van der Waals surface area contributed by atoms with Crippen molar-refractivity contribution in [2.45, 2.75) is 45.1 Å². The van der Waals surface area contributed by atoms with Gasteiger partial charge < -0.3 is 9.88 Å². The van der Waals surface area contributed by atoms with Crippen molar-refractivity contribution < 1.29 is 4.79 Å². The number of aromatic amines is 1. The number of piperidine rings is 1. The molecular weight excluding hydrogens is 344 g/mol. The third-order valence-electron chi connectivity index (χ3n) is 5.61. The number of carbonyl (C=O) groups is 1. The predicted molar refractivity (Wildman–Crippen MR) is 101 cm³/mol. The molecule has 1 N–H and O–H groups in total. The molecule has 27 heavy (non-hydrogen) atoms. The second kappa shape index (κ2) is 7.50. The van der Waals surface area contributed by atoms with Crippen LogP contribution in [0.2, 0.25) is 0 Å². The van der Waals surface area contributed by atoms with E-state index in [4.69, 9.17) is 0 Å². The molecule has 0 atom stereocenters. The van der Waals surface area contributed by atoms with Gasteiger partial charge in [-0.05, 0) is 56.1 Å². The van der Waals surface area contributed by atoms with Gasteiger partial charge in [-0.3, -0.25) is 14.4 Å². The zero-order valence-corrected chi connectivity index (χ0v) is 15.3. The highest BCUT2D eigenvalue weighted by Gasteiger charge is 2.25. The van der Waals surface area contributed by atoms with E-state index < -0.39 is 0 Å². The average molecular weight is 368 g/mol. The van der Waals surface area contributed by atoms with Crippen molar-refractivity contribution in [3.8, 4) is 0 Å². The minimum atomic E-state index is -0.270. The SMILES string of the molecule is O=C(c1cccc(=O)[nH]1)N1CCC(Cn2nc3c(cc2=O)CCCC3)CC1. The molecule has 1 amide bonds. The Bertz CT molecular complexity index is 954. The Balaban J connectivity index is 1.39. The van der Waals surface area contributed by atoms with Gasteiger partial charge in [0.1, 0.15) is 5.69 Å². The smallest absolute Gasteiger partial charge is 0.270 e. The van der Waals surface area contributed by atoms with Crippen molar-refractivity contribution in [3.05, 3.63) is 61.9 Å². The normalized spacial score (nSPS) is 17.6. The molecule has 0 radical (unpaired) electrons. The highest BCUT2D eigenvalue weighted by molar-refractivity contribution is 5.92. The largest absolute Gasteiger partial charge is 0.337 e. The minimum absolute atomic E-state index is 0.0176. The van der Waals surface area contributed by atoms with Gasteiger partial charge >= 0.3 is 0 Å². The van der Waals surface area contributed by atoms with Crippen molar-refractivity contribution in [1.82, 2.24) is 19.7 Å². The molecular formula is C20H24N4O3. The number of rotatable bonds is 3. The number of likely N-dealkylation sites (tertiary alicyclic amines) is 1. The van der Waals surface area contributed by atoms with E-state index in [0.29, 0.717) is 31.2 Å². The van der Waals surface area contributed by atoms with Gasteiger partial charge in [0.15, 0.2) is 0 Å². The first kappa shape index (κ1) is 17.7.